The standard InChI is InChI=1S/C23H20ClF3N4O3/c1-3-33-22(32)34-14(2)31-29-20(13-28)21(30-31)17-9-16(11-19(24)12-17)8-7-15-5-4-6-18(10-15)23(25,26)27/h4-12,14,22,32H,3H2,1-2H3/b8-7+. The second-order valence-electron chi connectivity index (χ2n) is 7.06. The highest BCUT2D eigenvalue weighted by Gasteiger charge is 2.30. The maximum atomic E-state index is 13.0. The van der Waals surface area contributed by atoms with Crippen LogP contribution in [0, 0.1) is 11.3 Å². The van der Waals surface area contributed by atoms with Gasteiger partial charge in [-0.1, -0.05) is 35.9 Å². The van der Waals surface area contributed by atoms with Gasteiger partial charge in [0.25, 0.3) is 6.48 Å². The second kappa shape index (κ2) is 10.8. The van der Waals surface area contributed by atoms with E-state index in [0.717, 1.165) is 16.9 Å². The monoisotopic (exact) mass is 492 g/mol. The van der Waals surface area contributed by atoms with Crippen LogP contribution < -0.4 is 0 Å². The molecule has 11 heteroatoms. The first kappa shape index (κ1) is 25.4. The summed E-state index contributed by atoms with van der Waals surface area (Å²) in [5.41, 5.74) is 0.879. The van der Waals surface area contributed by atoms with E-state index < -0.39 is 24.4 Å². The molecule has 0 saturated heterocycles. The van der Waals surface area contributed by atoms with Crippen molar-refractivity contribution in [3.63, 3.8) is 0 Å². The summed E-state index contributed by atoms with van der Waals surface area (Å²) in [6.07, 6.45) is -2.16. The summed E-state index contributed by atoms with van der Waals surface area (Å²) in [5, 5.41) is 27.9. The van der Waals surface area contributed by atoms with Crippen LogP contribution in [0.4, 0.5) is 13.2 Å². The van der Waals surface area contributed by atoms with Crippen LogP contribution in [0.1, 0.15) is 42.5 Å². The summed E-state index contributed by atoms with van der Waals surface area (Å²) in [6, 6.07) is 11.7. The molecule has 1 aromatic heterocycles. The van der Waals surface area contributed by atoms with E-state index in [9.17, 15) is 23.5 Å². The minimum Gasteiger partial charge on any atom is -0.346 e. The van der Waals surface area contributed by atoms with Crippen molar-refractivity contribution in [1.82, 2.24) is 15.0 Å². The molecule has 0 aliphatic carbocycles. The van der Waals surface area contributed by atoms with Crippen LogP contribution in [-0.4, -0.2) is 33.2 Å². The molecular weight excluding hydrogens is 473 g/mol. The predicted octanol–water partition coefficient (Wildman–Crippen LogP) is 5.51. The van der Waals surface area contributed by atoms with Crippen LogP contribution in [0.15, 0.2) is 42.5 Å². The van der Waals surface area contributed by atoms with Gasteiger partial charge in [-0.2, -0.15) is 23.2 Å². The number of nitriles is 1. The number of rotatable bonds is 8. The highest BCUT2D eigenvalue weighted by Crippen LogP contribution is 2.30. The molecule has 0 spiro atoms. The molecular formula is C23H20ClF3N4O3. The number of nitrogens with zero attached hydrogens (tertiary/aromatic N) is 4. The number of hydrogen-bond donors (Lipinski definition) is 1. The minimum atomic E-state index is -4.44. The summed E-state index contributed by atoms with van der Waals surface area (Å²) >= 11 is 6.24. The van der Waals surface area contributed by atoms with Gasteiger partial charge in [-0.3, -0.25) is 0 Å². The van der Waals surface area contributed by atoms with E-state index in [2.05, 4.69) is 10.2 Å². The molecule has 178 valence electrons. The zero-order chi connectivity index (χ0) is 24.9. The van der Waals surface area contributed by atoms with Crippen molar-refractivity contribution < 1.29 is 27.8 Å². The Labute approximate surface area is 198 Å². The first-order valence-electron chi connectivity index (χ1n) is 10.1. The van der Waals surface area contributed by atoms with Crippen molar-refractivity contribution in [2.45, 2.75) is 32.7 Å². The first-order valence-corrected chi connectivity index (χ1v) is 10.5. The van der Waals surface area contributed by atoms with Crippen LogP contribution in [0.3, 0.4) is 0 Å². The lowest BCUT2D eigenvalue weighted by Crippen LogP contribution is -2.23. The van der Waals surface area contributed by atoms with Gasteiger partial charge in [-0.25, -0.2) is 0 Å². The summed E-state index contributed by atoms with van der Waals surface area (Å²) in [4.78, 5) is 1.12. The van der Waals surface area contributed by atoms with Gasteiger partial charge in [0.1, 0.15) is 11.8 Å². The van der Waals surface area contributed by atoms with Crippen molar-refractivity contribution in [2.75, 3.05) is 6.61 Å². The number of halogens is 4. The van der Waals surface area contributed by atoms with Crippen LogP contribution >= 0.6 is 11.6 Å². The number of alkyl halides is 3. The van der Waals surface area contributed by atoms with Crippen LogP contribution in [0.5, 0.6) is 0 Å². The molecule has 0 aliphatic rings. The lowest BCUT2D eigenvalue weighted by molar-refractivity contribution is -0.293. The molecule has 0 bridgehead atoms. The van der Waals surface area contributed by atoms with E-state index in [0.29, 0.717) is 21.7 Å². The summed E-state index contributed by atoms with van der Waals surface area (Å²) in [6.45, 7) is 2.00. The summed E-state index contributed by atoms with van der Waals surface area (Å²) < 4.78 is 49.0. The predicted molar refractivity (Wildman–Crippen MR) is 119 cm³/mol. The van der Waals surface area contributed by atoms with E-state index >= 15 is 0 Å². The van der Waals surface area contributed by atoms with Crippen LogP contribution in [0.25, 0.3) is 23.4 Å². The Morgan fingerprint density at radius 1 is 1.18 bits per heavy atom. The van der Waals surface area contributed by atoms with E-state index in [-0.39, 0.29) is 18.0 Å². The van der Waals surface area contributed by atoms with Crippen LogP contribution in [-0.2, 0) is 15.7 Å². The fourth-order valence-electron chi connectivity index (χ4n) is 3.02. The quantitative estimate of drug-likeness (QED) is 0.329. The average Bonchev–Trinajstić information content (AvgIpc) is 3.22. The van der Waals surface area contributed by atoms with Crippen molar-refractivity contribution in [3.8, 4) is 17.3 Å². The molecule has 2 atom stereocenters. The molecule has 2 unspecified atom stereocenters. The van der Waals surface area contributed by atoms with Gasteiger partial charge in [0.2, 0.25) is 0 Å². The fourth-order valence-corrected chi connectivity index (χ4v) is 3.26. The number of aromatic nitrogens is 3. The largest absolute Gasteiger partial charge is 0.416 e. The van der Waals surface area contributed by atoms with Gasteiger partial charge in [0.05, 0.1) is 5.56 Å². The number of ether oxygens (including phenoxy) is 2. The molecule has 3 rings (SSSR count). The minimum absolute atomic E-state index is 0.00331. The zero-order valence-corrected chi connectivity index (χ0v) is 18.9. The first-order chi connectivity index (χ1) is 16.1. The Hall–Kier alpha value is -3.23. The van der Waals surface area contributed by atoms with Crippen LogP contribution in [0.2, 0.25) is 5.02 Å². The Bertz CT molecular complexity index is 1220. The Balaban J connectivity index is 1.90. The van der Waals surface area contributed by atoms with Crippen molar-refractivity contribution >= 4 is 23.8 Å². The SMILES string of the molecule is CCOC(O)OC(C)n1nc(C#N)c(-c2cc(Cl)cc(/C=C/c3cccc(C(F)(F)F)c3)c2)n1. The van der Waals surface area contributed by atoms with Gasteiger partial charge in [0.15, 0.2) is 11.9 Å². The van der Waals surface area contributed by atoms with E-state index in [1.54, 1.807) is 44.2 Å². The third-order valence-corrected chi connectivity index (χ3v) is 4.78. The number of aliphatic hydroxyl groups is 1. The Morgan fingerprint density at radius 2 is 1.91 bits per heavy atom. The number of hydrogen-bond acceptors (Lipinski definition) is 6. The lowest BCUT2D eigenvalue weighted by atomic mass is 10.0. The maximum absolute atomic E-state index is 13.0. The molecule has 7 nitrogen and oxygen atoms in total. The molecule has 0 aliphatic heterocycles. The molecule has 1 heterocycles. The summed E-state index contributed by atoms with van der Waals surface area (Å²) in [5.74, 6) is 0. The average molecular weight is 493 g/mol. The highest BCUT2D eigenvalue weighted by atomic mass is 35.5. The highest BCUT2D eigenvalue weighted by molar-refractivity contribution is 6.31. The van der Waals surface area contributed by atoms with Gasteiger partial charge >= 0.3 is 6.18 Å². The summed E-state index contributed by atoms with van der Waals surface area (Å²) in [7, 11) is 0. The molecule has 0 radical (unpaired) electrons. The second-order valence-corrected chi connectivity index (χ2v) is 7.49. The third kappa shape index (κ3) is 6.42. The molecule has 3 aromatic rings. The number of benzene rings is 2. The number of aliphatic hydroxyl groups excluding tert-OH is 1. The van der Waals surface area contributed by atoms with E-state index in [1.165, 1.54) is 12.1 Å². The topological polar surface area (TPSA) is 93.2 Å². The van der Waals surface area contributed by atoms with Gasteiger partial charge < -0.3 is 14.6 Å². The Morgan fingerprint density at radius 3 is 2.59 bits per heavy atom. The molecule has 1 N–H and O–H groups in total. The zero-order valence-electron chi connectivity index (χ0n) is 18.1. The van der Waals surface area contributed by atoms with Gasteiger partial charge in [-0.05, 0) is 55.3 Å². The van der Waals surface area contributed by atoms with Gasteiger partial charge in [0, 0.05) is 17.2 Å². The molecule has 34 heavy (non-hydrogen) atoms. The molecule has 0 fully saturated rings. The van der Waals surface area contributed by atoms with Crippen molar-refractivity contribution in [2.24, 2.45) is 0 Å². The van der Waals surface area contributed by atoms with Crippen molar-refractivity contribution in [1.29, 1.82) is 5.26 Å². The smallest absolute Gasteiger partial charge is 0.346 e. The lowest BCUT2D eigenvalue weighted by Gasteiger charge is -2.16. The van der Waals surface area contributed by atoms with E-state index in [4.69, 9.17) is 21.1 Å². The van der Waals surface area contributed by atoms with E-state index in [1.807, 2.05) is 6.07 Å². The maximum Gasteiger partial charge on any atom is 0.416 e. The normalized spacial score (nSPS) is 13.7. The Kier molecular flexibility index (Phi) is 8.06. The molecule has 0 amide bonds. The fraction of sp³-hybridized carbons (Fsp3) is 0.261. The third-order valence-electron chi connectivity index (χ3n) is 4.56. The van der Waals surface area contributed by atoms with Crippen molar-refractivity contribution in [3.05, 3.63) is 69.9 Å². The van der Waals surface area contributed by atoms with Gasteiger partial charge in [-0.15, -0.1) is 10.2 Å². The molecule has 2 aromatic carbocycles. The molecule has 0 saturated carbocycles.